The minimum absolute atomic E-state index is 0.636. The van der Waals surface area contributed by atoms with Crippen molar-refractivity contribution in [3.63, 3.8) is 0 Å². The van der Waals surface area contributed by atoms with E-state index in [1.165, 1.54) is 11.4 Å². The van der Waals surface area contributed by atoms with Crippen LogP contribution in [0.25, 0.3) is 0 Å². The van der Waals surface area contributed by atoms with Gasteiger partial charge in [0.15, 0.2) is 4.96 Å². The summed E-state index contributed by atoms with van der Waals surface area (Å²) in [5.41, 5.74) is 0. The molecule has 0 bridgehead atoms. The summed E-state index contributed by atoms with van der Waals surface area (Å²) in [7, 11) is 0. The van der Waals surface area contributed by atoms with E-state index in [4.69, 9.17) is 67.4 Å². The van der Waals surface area contributed by atoms with Crippen LogP contribution in [-0.4, -0.2) is 5.75 Å². The van der Waals surface area contributed by atoms with Crippen LogP contribution in [0.5, 0.6) is 0 Å². The Morgan fingerprint density at radius 1 is 1.07 bits per heavy atom. The summed E-state index contributed by atoms with van der Waals surface area (Å²) in [5.74, 6) is -6.39. The van der Waals surface area contributed by atoms with Gasteiger partial charge in [0.25, 0.3) is 5.91 Å². The van der Waals surface area contributed by atoms with Crippen LogP contribution in [0.1, 0.15) is 6.92 Å². The number of nitrogens with zero attached hydrogens (tertiary/aromatic N) is 2. The minimum Gasteiger partial charge on any atom is -0.262 e. The van der Waals surface area contributed by atoms with Gasteiger partial charge in [0.05, 0.1) is 0 Å². The van der Waals surface area contributed by atoms with Crippen LogP contribution in [0.15, 0.2) is 9.03 Å². The van der Waals surface area contributed by atoms with Crippen molar-refractivity contribution in [2.75, 3.05) is 5.75 Å². The van der Waals surface area contributed by atoms with Gasteiger partial charge in [-0.3, -0.25) is 4.57 Å². The number of hydrogen-bond donors (Lipinski definition) is 0. The highest BCUT2D eigenvalue weighted by Gasteiger charge is 2.24. The van der Waals surface area contributed by atoms with Gasteiger partial charge in [0, 0.05) is 0 Å². The van der Waals surface area contributed by atoms with Gasteiger partial charge < -0.3 is 0 Å². The zero-order valence-corrected chi connectivity index (χ0v) is 15.1. The molecular formula is C2H5Cl6N2OP3S. The molecule has 0 rings (SSSR count). The average molecular weight is 411 g/mol. The first-order valence-electron chi connectivity index (χ1n) is 3.18. The first-order chi connectivity index (χ1) is 6.47. The molecule has 92 valence electrons. The largest absolute Gasteiger partial charge is 0.366 e. The van der Waals surface area contributed by atoms with Crippen LogP contribution in [0.2, 0.25) is 0 Å². The summed E-state index contributed by atoms with van der Waals surface area (Å²) >= 11 is 34.6. The number of hydrogen-bond acceptors (Lipinski definition) is 2. The Kier molecular flexibility index (Phi) is 8.07. The quantitative estimate of drug-likeness (QED) is 0.438. The van der Waals surface area contributed by atoms with Gasteiger partial charge in [-0.2, -0.15) is 9.03 Å². The molecule has 0 unspecified atom stereocenters. The number of rotatable bonds is 4. The Bertz CT molecular complexity index is 367. The minimum atomic E-state index is -3.74. The van der Waals surface area contributed by atoms with E-state index in [9.17, 15) is 4.57 Å². The Labute approximate surface area is 121 Å². The standard InChI is InChI=1S/C2H5Cl6N2OP3S/c1-2-15-14(7,8)10-12(3,4)9-13(5,6)11/h2H2,1H3. The molecule has 3 nitrogen and oxygen atoms in total. The summed E-state index contributed by atoms with van der Waals surface area (Å²) in [4.78, 5) is -2.71. The molecule has 0 saturated heterocycles. The van der Waals surface area contributed by atoms with Crippen molar-refractivity contribution in [3.8, 4) is 0 Å². The van der Waals surface area contributed by atoms with E-state index < -0.39 is 16.9 Å². The normalized spacial score (nSPS) is 13.8. The van der Waals surface area contributed by atoms with Crippen molar-refractivity contribution in [1.82, 2.24) is 0 Å². The van der Waals surface area contributed by atoms with Crippen molar-refractivity contribution >= 4 is 95.7 Å². The molecule has 0 aromatic heterocycles. The topological polar surface area (TPSA) is 41.8 Å². The maximum absolute atomic E-state index is 11.0. The number of halogens is 6. The summed E-state index contributed by atoms with van der Waals surface area (Å²) < 4.78 is 18.0. The molecule has 0 heterocycles. The Hall–Kier alpha value is 2.78. The lowest BCUT2D eigenvalue weighted by Gasteiger charge is -2.10. The first kappa shape index (κ1) is 17.8. The monoisotopic (exact) mass is 408 g/mol. The fraction of sp³-hybridized carbons (Fsp3) is 1.00. The summed E-state index contributed by atoms with van der Waals surface area (Å²) in [6.45, 7) is 1.84. The third-order valence-electron chi connectivity index (χ3n) is 0.708. The summed E-state index contributed by atoms with van der Waals surface area (Å²) in [6.07, 6.45) is 0. The SMILES string of the molecule is CCSP(Cl)(Cl)=NP(Cl)(Cl)=NP(=O)(Cl)Cl. The van der Waals surface area contributed by atoms with Crippen LogP contribution < -0.4 is 0 Å². The van der Waals surface area contributed by atoms with Gasteiger partial charge in [-0.25, -0.2) is 0 Å². The lowest BCUT2D eigenvalue weighted by Crippen LogP contribution is -1.59. The molecule has 15 heavy (non-hydrogen) atoms. The van der Waals surface area contributed by atoms with Crippen LogP contribution in [0, 0.1) is 0 Å². The molecular weight excluding hydrogens is 406 g/mol. The van der Waals surface area contributed by atoms with Gasteiger partial charge in [0.2, 0.25) is 0 Å². The first-order valence-corrected chi connectivity index (χ1v) is 15.3. The van der Waals surface area contributed by atoms with Crippen molar-refractivity contribution in [2.24, 2.45) is 9.03 Å². The van der Waals surface area contributed by atoms with Gasteiger partial charge in [-0.1, -0.05) is 18.3 Å². The fourth-order valence-corrected chi connectivity index (χ4v) is 17.8. The Balaban J connectivity index is 5.25. The molecule has 0 amide bonds. The maximum atomic E-state index is 11.0. The summed E-state index contributed by atoms with van der Waals surface area (Å²) in [5, 5.41) is 0. The molecule has 0 aromatic rings. The molecule has 0 aliphatic heterocycles. The highest BCUT2D eigenvalue weighted by atomic mass is 35.9. The fourth-order valence-electron chi connectivity index (χ4n) is 0.450. The van der Waals surface area contributed by atoms with E-state index >= 15 is 0 Å². The lowest BCUT2D eigenvalue weighted by molar-refractivity contribution is 0.594. The molecule has 13 heteroatoms. The summed E-state index contributed by atoms with van der Waals surface area (Å²) in [6, 6.07) is 0. The smallest absolute Gasteiger partial charge is 0.262 e. The second-order valence-electron chi connectivity index (χ2n) is 1.92. The van der Waals surface area contributed by atoms with E-state index in [0.717, 1.165) is 0 Å². The van der Waals surface area contributed by atoms with Crippen molar-refractivity contribution in [1.29, 1.82) is 0 Å². The van der Waals surface area contributed by atoms with Crippen molar-refractivity contribution in [3.05, 3.63) is 0 Å². The molecule has 0 fully saturated rings. The van der Waals surface area contributed by atoms with E-state index in [1.807, 2.05) is 6.92 Å². The van der Waals surface area contributed by atoms with Crippen LogP contribution >= 0.6 is 95.7 Å². The van der Waals surface area contributed by atoms with Gasteiger partial charge in [0.1, 0.15) is 0 Å². The predicted octanol–water partition coefficient (Wildman–Crippen LogP) is 8.17. The van der Waals surface area contributed by atoms with Crippen LogP contribution in [-0.2, 0) is 4.57 Å². The maximum Gasteiger partial charge on any atom is 0.366 e. The second kappa shape index (κ2) is 6.80. The highest BCUT2D eigenvalue weighted by molar-refractivity contribution is 8.74. The zero-order valence-electron chi connectivity index (χ0n) is 7.03. The predicted molar refractivity (Wildman–Crippen MR) is 79.6 cm³/mol. The van der Waals surface area contributed by atoms with Crippen molar-refractivity contribution in [2.45, 2.75) is 6.92 Å². The van der Waals surface area contributed by atoms with E-state index in [0.29, 0.717) is 5.75 Å². The second-order valence-corrected chi connectivity index (χ2v) is 20.5. The van der Waals surface area contributed by atoms with Crippen molar-refractivity contribution < 1.29 is 4.57 Å². The van der Waals surface area contributed by atoms with Crippen LogP contribution in [0.3, 0.4) is 0 Å². The Morgan fingerprint density at radius 3 is 1.87 bits per heavy atom. The van der Waals surface area contributed by atoms with E-state index in [-0.39, 0.29) is 0 Å². The van der Waals surface area contributed by atoms with E-state index in [1.54, 1.807) is 0 Å². The van der Waals surface area contributed by atoms with E-state index in [2.05, 4.69) is 9.03 Å². The van der Waals surface area contributed by atoms with Gasteiger partial charge >= 0.3 is 6.00 Å². The molecule has 0 saturated carbocycles. The molecule has 0 radical (unpaired) electrons. The molecule has 0 aliphatic rings. The third-order valence-corrected chi connectivity index (χ3v) is 13.7. The van der Waals surface area contributed by atoms with Crippen LogP contribution in [0.4, 0.5) is 0 Å². The molecule has 0 spiro atoms. The molecule has 0 aromatic carbocycles. The molecule has 0 atom stereocenters. The molecule has 0 N–H and O–H groups in total. The van der Waals surface area contributed by atoms with Gasteiger partial charge in [-0.05, 0) is 73.2 Å². The van der Waals surface area contributed by atoms with Gasteiger partial charge in [-0.15, -0.1) is 0 Å². The lowest BCUT2D eigenvalue weighted by atomic mass is 11.0. The highest BCUT2D eigenvalue weighted by Crippen LogP contribution is 2.82. The Morgan fingerprint density at radius 2 is 1.53 bits per heavy atom. The molecule has 0 aliphatic carbocycles. The zero-order chi connectivity index (χ0) is 12.3. The average Bonchev–Trinajstić information content (AvgIpc) is 1.74. The third kappa shape index (κ3) is 10.4.